The maximum atomic E-state index is 12.0. The maximum absolute atomic E-state index is 12.0. The fraction of sp³-hybridized carbons (Fsp3) is 0.368. The molecule has 0 spiro atoms. The molecule has 2 aromatic rings. The Kier molecular flexibility index (Phi) is 5.31. The molecule has 5 nitrogen and oxygen atoms in total. The molecule has 5 heteroatoms. The van der Waals surface area contributed by atoms with Gasteiger partial charge >= 0.3 is 6.03 Å². The summed E-state index contributed by atoms with van der Waals surface area (Å²) in [6, 6.07) is 11.6. The van der Waals surface area contributed by atoms with E-state index in [4.69, 9.17) is 0 Å². The third-order valence-corrected chi connectivity index (χ3v) is 4.45. The van der Waals surface area contributed by atoms with E-state index in [2.05, 4.69) is 39.6 Å². The first-order valence-corrected chi connectivity index (χ1v) is 8.49. The Balaban J connectivity index is 1.49. The van der Waals surface area contributed by atoms with E-state index in [1.165, 1.54) is 18.5 Å². The number of rotatable bonds is 4. The highest BCUT2D eigenvalue weighted by Crippen LogP contribution is 2.24. The average molecular weight is 324 g/mol. The van der Waals surface area contributed by atoms with Gasteiger partial charge < -0.3 is 15.5 Å². The van der Waals surface area contributed by atoms with Gasteiger partial charge in [-0.2, -0.15) is 0 Å². The topological polar surface area (TPSA) is 57.3 Å². The molecular formula is C19H24N4O. The highest BCUT2D eigenvalue weighted by atomic mass is 16.2. The van der Waals surface area contributed by atoms with Gasteiger partial charge in [0.05, 0.1) is 0 Å². The summed E-state index contributed by atoms with van der Waals surface area (Å²) in [6.07, 6.45) is 5.95. The van der Waals surface area contributed by atoms with Gasteiger partial charge in [0, 0.05) is 43.4 Å². The van der Waals surface area contributed by atoms with Crippen LogP contribution in [-0.2, 0) is 6.54 Å². The van der Waals surface area contributed by atoms with Gasteiger partial charge in [-0.3, -0.25) is 4.98 Å². The number of aromatic nitrogens is 1. The van der Waals surface area contributed by atoms with Gasteiger partial charge in [0.15, 0.2) is 0 Å². The molecular weight excluding hydrogens is 300 g/mol. The molecule has 1 fully saturated rings. The number of pyridine rings is 1. The van der Waals surface area contributed by atoms with Crippen molar-refractivity contribution in [3.63, 3.8) is 0 Å². The molecule has 24 heavy (non-hydrogen) atoms. The van der Waals surface area contributed by atoms with Crippen molar-refractivity contribution < 1.29 is 4.79 Å². The van der Waals surface area contributed by atoms with Crippen LogP contribution >= 0.6 is 0 Å². The van der Waals surface area contributed by atoms with Crippen molar-refractivity contribution in [2.45, 2.75) is 26.3 Å². The predicted octanol–water partition coefficient (Wildman–Crippen LogP) is 3.64. The second-order valence-electron chi connectivity index (χ2n) is 6.39. The number of benzene rings is 1. The summed E-state index contributed by atoms with van der Waals surface area (Å²) in [7, 11) is 0. The second-order valence-corrected chi connectivity index (χ2v) is 6.39. The van der Waals surface area contributed by atoms with E-state index in [1.807, 2.05) is 24.3 Å². The summed E-state index contributed by atoms with van der Waals surface area (Å²) in [5.41, 5.74) is 3.00. The highest BCUT2D eigenvalue weighted by Gasteiger charge is 2.15. The van der Waals surface area contributed by atoms with Crippen LogP contribution in [0.2, 0.25) is 0 Å². The Morgan fingerprint density at radius 2 is 1.96 bits per heavy atom. The van der Waals surface area contributed by atoms with Gasteiger partial charge in [0.25, 0.3) is 0 Å². The lowest BCUT2D eigenvalue weighted by molar-refractivity contribution is 0.251. The lowest BCUT2D eigenvalue weighted by Gasteiger charge is -2.32. The molecule has 2 amide bonds. The summed E-state index contributed by atoms with van der Waals surface area (Å²) >= 11 is 0. The van der Waals surface area contributed by atoms with Crippen molar-refractivity contribution in [2.75, 3.05) is 23.3 Å². The minimum absolute atomic E-state index is 0.210. The lowest BCUT2D eigenvalue weighted by Crippen LogP contribution is -2.32. The fourth-order valence-electron chi connectivity index (χ4n) is 2.88. The molecule has 0 bridgehead atoms. The predicted molar refractivity (Wildman–Crippen MR) is 97.1 cm³/mol. The molecule has 1 aliphatic rings. The standard InChI is InChI=1S/C19H24N4O/c1-15-8-11-23(12-9-15)18-6-4-17(5-7-18)22-19(24)21-14-16-3-2-10-20-13-16/h2-7,10,13,15H,8-9,11-12,14H2,1H3,(H2,21,22,24). The van der Waals surface area contributed by atoms with Crippen LogP contribution in [0, 0.1) is 5.92 Å². The van der Waals surface area contributed by atoms with Crippen molar-refractivity contribution in [3.05, 3.63) is 54.4 Å². The van der Waals surface area contributed by atoms with Gasteiger partial charge in [-0.25, -0.2) is 4.79 Å². The van der Waals surface area contributed by atoms with Gasteiger partial charge in [-0.05, 0) is 54.7 Å². The molecule has 0 unspecified atom stereocenters. The van der Waals surface area contributed by atoms with Crippen LogP contribution in [0.4, 0.5) is 16.2 Å². The number of urea groups is 1. The first-order valence-electron chi connectivity index (χ1n) is 8.49. The van der Waals surface area contributed by atoms with Gasteiger partial charge in [0.1, 0.15) is 0 Å². The minimum atomic E-state index is -0.210. The smallest absolute Gasteiger partial charge is 0.319 e. The quantitative estimate of drug-likeness (QED) is 0.903. The van der Waals surface area contributed by atoms with E-state index >= 15 is 0 Å². The number of carbonyl (C=O) groups is 1. The van der Waals surface area contributed by atoms with Gasteiger partial charge in [-0.1, -0.05) is 13.0 Å². The summed E-state index contributed by atoms with van der Waals surface area (Å²) in [6.45, 7) is 5.00. The van der Waals surface area contributed by atoms with E-state index in [-0.39, 0.29) is 6.03 Å². The molecule has 0 radical (unpaired) electrons. The molecule has 3 rings (SSSR count). The minimum Gasteiger partial charge on any atom is -0.372 e. The van der Waals surface area contributed by atoms with Crippen LogP contribution in [0.3, 0.4) is 0 Å². The molecule has 0 atom stereocenters. The van der Waals surface area contributed by atoms with Crippen LogP contribution in [0.25, 0.3) is 0 Å². The number of hydrogen-bond acceptors (Lipinski definition) is 3. The van der Waals surface area contributed by atoms with Crippen molar-refractivity contribution in [1.82, 2.24) is 10.3 Å². The van der Waals surface area contributed by atoms with Crippen LogP contribution in [0.1, 0.15) is 25.3 Å². The number of nitrogens with zero attached hydrogens (tertiary/aromatic N) is 2. The molecule has 126 valence electrons. The normalized spacial score (nSPS) is 15.1. The number of amides is 2. The maximum Gasteiger partial charge on any atom is 0.319 e. The second kappa shape index (κ2) is 7.81. The molecule has 1 aliphatic heterocycles. The molecule has 1 aromatic carbocycles. The van der Waals surface area contributed by atoms with Crippen molar-refractivity contribution in [2.24, 2.45) is 5.92 Å². The summed E-state index contributed by atoms with van der Waals surface area (Å²) in [4.78, 5) is 18.4. The Hall–Kier alpha value is -2.56. The van der Waals surface area contributed by atoms with E-state index < -0.39 is 0 Å². The third-order valence-electron chi connectivity index (χ3n) is 4.45. The summed E-state index contributed by atoms with van der Waals surface area (Å²) < 4.78 is 0. The Morgan fingerprint density at radius 1 is 1.21 bits per heavy atom. The van der Waals surface area contributed by atoms with Crippen LogP contribution in [0.5, 0.6) is 0 Å². The van der Waals surface area contributed by atoms with E-state index in [0.717, 1.165) is 30.3 Å². The van der Waals surface area contributed by atoms with Gasteiger partial charge in [-0.15, -0.1) is 0 Å². The lowest BCUT2D eigenvalue weighted by atomic mass is 9.99. The summed E-state index contributed by atoms with van der Waals surface area (Å²) in [5.74, 6) is 0.825. The monoisotopic (exact) mass is 324 g/mol. The van der Waals surface area contributed by atoms with Crippen molar-refractivity contribution in [3.8, 4) is 0 Å². The van der Waals surface area contributed by atoms with E-state index in [1.54, 1.807) is 12.4 Å². The number of hydrogen-bond donors (Lipinski definition) is 2. The first-order chi connectivity index (χ1) is 11.7. The van der Waals surface area contributed by atoms with Crippen molar-refractivity contribution in [1.29, 1.82) is 0 Å². The van der Waals surface area contributed by atoms with Crippen LogP contribution in [0.15, 0.2) is 48.8 Å². The molecule has 0 aliphatic carbocycles. The average Bonchev–Trinajstić information content (AvgIpc) is 2.62. The van der Waals surface area contributed by atoms with Crippen molar-refractivity contribution >= 4 is 17.4 Å². The summed E-state index contributed by atoms with van der Waals surface area (Å²) in [5, 5.41) is 5.69. The van der Waals surface area contributed by atoms with Gasteiger partial charge in [0.2, 0.25) is 0 Å². The Morgan fingerprint density at radius 3 is 2.62 bits per heavy atom. The van der Waals surface area contributed by atoms with Crippen LogP contribution in [-0.4, -0.2) is 24.1 Å². The molecule has 2 N–H and O–H groups in total. The SMILES string of the molecule is CC1CCN(c2ccc(NC(=O)NCc3cccnc3)cc2)CC1. The zero-order chi connectivity index (χ0) is 16.8. The fourth-order valence-corrected chi connectivity index (χ4v) is 2.88. The molecule has 2 heterocycles. The van der Waals surface area contributed by atoms with Crippen LogP contribution < -0.4 is 15.5 Å². The van der Waals surface area contributed by atoms with E-state index in [9.17, 15) is 4.79 Å². The zero-order valence-electron chi connectivity index (χ0n) is 14.0. The molecule has 1 saturated heterocycles. The Bertz CT molecular complexity index is 649. The third kappa shape index (κ3) is 4.47. The number of piperidine rings is 1. The first kappa shape index (κ1) is 16.3. The Labute approximate surface area is 143 Å². The number of anilines is 2. The molecule has 1 aromatic heterocycles. The largest absolute Gasteiger partial charge is 0.372 e. The van der Waals surface area contributed by atoms with E-state index in [0.29, 0.717) is 6.54 Å². The number of nitrogens with one attached hydrogen (secondary N) is 2. The zero-order valence-corrected chi connectivity index (χ0v) is 14.0. The molecule has 0 saturated carbocycles. The number of carbonyl (C=O) groups excluding carboxylic acids is 1. The highest BCUT2D eigenvalue weighted by molar-refractivity contribution is 5.89.